The molecule has 2 atom stereocenters. The Bertz CT molecular complexity index is 694. The Balaban J connectivity index is 1.56. The molecule has 0 N–H and O–H groups in total. The van der Waals surface area contributed by atoms with Gasteiger partial charge in [0.2, 0.25) is 5.91 Å². The van der Waals surface area contributed by atoms with Gasteiger partial charge >= 0.3 is 0 Å². The number of rotatable bonds is 3. The molecule has 24 heavy (non-hydrogen) atoms. The Morgan fingerprint density at radius 2 is 2.12 bits per heavy atom. The second kappa shape index (κ2) is 6.98. The lowest BCUT2D eigenvalue weighted by atomic mass is 9.98. The summed E-state index contributed by atoms with van der Waals surface area (Å²) >= 11 is 3.66. The van der Waals surface area contributed by atoms with Crippen LogP contribution in [0.2, 0.25) is 0 Å². The van der Waals surface area contributed by atoms with E-state index >= 15 is 0 Å². The van der Waals surface area contributed by atoms with Crippen molar-refractivity contribution in [3.05, 3.63) is 44.3 Å². The van der Waals surface area contributed by atoms with Crippen molar-refractivity contribution in [3.8, 4) is 0 Å². The summed E-state index contributed by atoms with van der Waals surface area (Å²) in [4.78, 5) is 20.3. The van der Waals surface area contributed by atoms with Gasteiger partial charge in [0.15, 0.2) is 0 Å². The molecule has 0 bridgehead atoms. The molecular weight excluding hydrogens is 336 g/mol. The zero-order valence-corrected chi connectivity index (χ0v) is 15.7. The van der Waals surface area contributed by atoms with E-state index in [0.717, 1.165) is 32.4 Å². The van der Waals surface area contributed by atoms with Gasteiger partial charge in [0.25, 0.3) is 0 Å². The average Bonchev–Trinajstić information content (AvgIpc) is 3.26. The summed E-state index contributed by atoms with van der Waals surface area (Å²) in [7, 11) is 0. The molecule has 0 radical (unpaired) electrons. The van der Waals surface area contributed by atoms with Crippen LogP contribution in [-0.4, -0.2) is 41.4 Å². The molecule has 2 unspecified atom stereocenters. The summed E-state index contributed by atoms with van der Waals surface area (Å²) in [6.07, 6.45) is 4.62. The lowest BCUT2D eigenvalue weighted by Crippen LogP contribution is -2.48. The molecule has 1 amide bonds. The number of carbonyl (C=O) groups excluding carboxylic acids is 1. The van der Waals surface area contributed by atoms with Crippen LogP contribution in [0.1, 0.15) is 47.5 Å². The Morgan fingerprint density at radius 1 is 1.21 bits per heavy atom. The predicted octanol–water partition coefficient (Wildman–Crippen LogP) is 4.16. The number of thiophene rings is 2. The van der Waals surface area contributed by atoms with E-state index in [1.54, 1.807) is 11.3 Å². The summed E-state index contributed by atoms with van der Waals surface area (Å²) in [6, 6.07) is 7.23. The first-order valence-electron chi connectivity index (χ1n) is 8.87. The maximum atomic E-state index is 12.9. The van der Waals surface area contributed by atoms with Crippen LogP contribution in [0.15, 0.2) is 29.0 Å². The van der Waals surface area contributed by atoms with E-state index in [4.69, 9.17) is 0 Å². The van der Waals surface area contributed by atoms with Crippen molar-refractivity contribution in [3.63, 3.8) is 0 Å². The molecule has 2 aromatic rings. The largest absolute Gasteiger partial charge is 0.339 e. The molecule has 1 fully saturated rings. The fourth-order valence-electron chi connectivity index (χ4n) is 4.05. The lowest BCUT2D eigenvalue weighted by molar-refractivity contribution is -0.136. The van der Waals surface area contributed by atoms with Gasteiger partial charge in [-0.25, -0.2) is 0 Å². The molecule has 0 saturated carbocycles. The number of nitrogens with zero attached hydrogens (tertiary/aromatic N) is 2. The highest BCUT2D eigenvalue weighted by Crippen LogP contribution is 2.39. The van der Waals surface area contributed by atoms with Gasteiger partial charge in [-0.1, -0.05) is 6.07 Å². The van der Waals surface area contributed by atoms with E-state index in [2.05, 4.69) is 45.7 Å². The van der Waals surface area contributed by atoms with Crippen LogP contribution in [0.5, 0.6) is 0 Å². The van der Waals surface area contributed by atoms with Crippen LogP contribution in [-0.2, 0) is 11.2 Å². The highest BCUT2D eigenvalue weighted by atomic mass is 32.1. The molecule has 128 valence electrons. The summed E-state index contributed by atoms with van der Waals surface area (Å²) < 4.78 is 0. The van der Waals surface area contributed by atoms with Gasteiger partial charge in [-0.15, -0.1) is 22.7 Å². The third-order valence-electron chi connectivity index (χ3n) is 5.34. The SMILES string of the molecule is CC1CCCCN1C(=O)CN1CCc2sccc2C1c1cccs1. The topological polar surface area (TPSA) is 23.6 Å². The van der Waals surface area contributed by atoms with Crippen LogP contribution in [0.4, 0.5) is 0 Å². The number of likely N-dealkylation sites (tertiary alicyclic amines) is 1. The van der Waals surface area contributed by atoms with E-state index in [0.29, 0.717) is 18.5 Å². The molecule has 1 saturated heterocycles. The fourth-order valence-corrected chi connectivity index (χ4v) is 5.83. The van der Waals surface area contributed by atoms with Crippen LogP contribution in [0, 0.1) is 0 Å². The van der Waals surface area contributed by atoms with E-state index in [-0.39, 0.29) is 6.04 Å². The number of piperidine rings is 1. The number of hydrogen-bond acceptors (Lipinski definition) is 4. The Hall–Kier alpha value is -1.17. The molecule has 3 nitrogen and oxygen atoms in total. The minimum Gasteiger partial charge on any atom is -0.339 e. The second-order valence-electron chi connectivity index (χ2n) is 6.87. The summed E-state index contributed by atoms with van der Waals surface area (Å²) in [5.74, 6) is 0.308. The minimum atomic E-state index is 0.254. The first-order valence-corrected chi connectivity index (χ1v) is 10.6. The Kier molecular flexibility index (Phi) is 4.74. The molecule has 0 aliphatic carbocycles. The average molecular weight is 361 g/mol. The van der Waals surface area contributed by atoms with Gasteiger partial charge in [-0.3, -0.25) is 9.69 Å². The molecule has 0 spiro atoms. The van der Waals surface area contributed by atoms with Gasteiger partial charge in [0.1, 0.15) is 0 Å². The van der Waals surface area contributed by atoms with Gasteiger partial charge in [-0.05, 0) is 61.1 Å². The Morgan fingerprint density at radius 3 is 2.92 bits per heavy atom. The molecular formula is C19H24N2OS2. The van der Waals surface area contributed by atoms with E-state index in [9.17, 15) is 4.79 Å². The molecule has 5 heteroatoms. The first kappa shape index (κ1) is 16.3. The summed E-state index contributed by atoms with van der Waals surface area (Å²) in [6.45, 7) is 4.65. The maximum Gasteiger partial charge on any atom is 0.237 e. The first-order chi connectivity index (χ1) is 11.7. The zero-order chi connectivity index (χ0) is 16.5. The van der Waals surface area contributed by atoms with Gasteiger partial charge in [0.05, 0.1) is 12.6 Å². The summed E-state index contributed by atoms with van der Waals surface area (Å²) in [5.41, 5.74) is 1.41. The van der Waals surface area contributed by atoms with Crippen LogP contribution < -0.4 is 0 Å². The third kappa shape index (κ3) is 3.05. The zero-order valence-electron chi connectivity index (χ0n) is 14.1. The molecule has 2 aliphatic rings. The monoisotopic (exact) mass is 360 g/mol. The highest BCUT2D eigenvalue weighted by molar-refractivity contribution is 7.10. The van der Waals surface area contributed by atoms with Crippen molar-refractivity contribution < 1.29 is 4.79 Å². The van der Waals surface area contributed by atoms with Gasteiger partial charge in [-0.2, -0.15) is 0 Å². The van der Waals surface area contributed by atoms with Gasteiger partial charge < -0.3 is 4.90 Å². The second-order valence-corrected chi connectivity index (χ2v) is 8.85. The van der Waals surface area contributed by atoms with E-state index < -0.39 is 0 Å². The van der Waals surface area contributed by atoms with Crippen molar-refractivity contribution in [2.45, 2.75) is 44.7 Å². The predicted molar refractivity (Wildman–Crippen MR) is 101 cm³/mol. The number of amides is 1. The van der Waals surface area contributed by atoms with Crippen molar-refractivity contribution >= 4 is 28.6 Å². The normalized spacial score (nSPS) is 24.8. The van der Waals surface area contributed by atoms with Crippen molar-refractivity contribution in [2.24, 2.45) is 0 Å². The number of carbonyl (C=O) groups is 1. The quantitative estimate of drug-likeness (QED) is 0.821. The fraction of sp³-hybridized carbons (Fsp3) is 0.526. The highest BCUT2D eigenvalue weighted by Gasteiger charge is 2.33. The van der Waals surface area contributed by atoms with Crippen LogP contribution >= 0.6 is 22.7 Å². The van der Waals surface area contributed by atoms with E-state index in [1.165, 1.54) is 21.7 Å². The minimum absolute atomic E-state index is 0.254. The van der Waals surface area contributed by atoms with E-state index in [1.807, 2.05) is 11.3 Å². The molecule has 2 aromatic heterocycles. The summed E-state index contributed by atoms with van der Waals surface area (Å²) in [5, 5.41) is 4.34. The van der Waals surface area contributed by atoms with Crippen molar-refractivity contribution in [1.82, 2.24) is 9.80 Å². The third-order valence-corrected chi connectivity index (χ3v) is 7.26. The van der Waals surface area contributed by atoms with Gasteiger partial charge in [0, 0.05) is 28.9 Å². The van der Waals surface area contributed by atoms with Crippen molar-refractivity contribution in [1.29, 1.82) is 0 Å². The Labute approximate surface area is 151 Å². The molecule has 2 aliphatic heterocycles. The number of fused-ring (bicyclic) bond motifs is 1. The standard InChI is InChI=1S/C19H24N2OS2/c1-14-5-2-3-9-21(14)18(22)13-20-10-7-16-15(8-12-24-16)19(20)17-6-4-11-23-17/h4,6,8,11-12,14,19H,2-3,5,7,9-10,13H2,1H3. The smallest absolute Gasteiger partial charge is 0.237 e. The van der Waals surface area contributed by atoms with Crippen LogP contribution in [0.25, 0.3) is 0 Å². The maximum absolute atomic E-state index is 12.9. The van der Waals surface area contributed by atoms with Crippen molar-refractivity contribution in [2.75, 3.05) is 19.6 Å². The molecule has 0 aromatic carbocycles. The molecule has 4 rings (SSSR count). The number of hydrogen-bond donors (Lipinski definition) is 0. The lowest BCUT2D eigenvalue weighted by Gasteiger charge is -2.39. The molecule has 4 heterocycles. The van der Waals surface area contributed by atoms with Crippen LogP contribution in [0.3, 0.4) is 0 Å².